The van der Waals surface area contributed by atoms with Crippen LogP contribution in [0.25, 0.3) is 11.0 Å². The molecule has 0 aliphatic heterocycles. The van der Waals surface area contributed by atoms with Crippen LogP contribution in [0.15, 0.2) is 30.9 Å². The first-order valence-corrected chi connectivity index (χ1v) is 3.16. The van der Waals surface area contributed by atoms with Crippen molar-refractivity contribution in [2.75, 3.05) is 0 Å². The zero-order valence-electron chi connectivity index (χ0n) is 5.64. The van der Waals surface area contributed by atoms with E-state index in [-0.39, 0.29) is 0 Å². The van der Waals surface area contributed by atoms with Crippen LogP contribution < -0.4 is 4.73 Å². The Kier molecular flexibility index (Phi) is 1.18. The van der Waals surface area contributed by atoms with Gasteiger partial charge in [0, 0.05) is 12.3 Å². The molecule has 0 aliphatic rings. The van der Waals surface area contributed by atoms with Gasteiger partial charge in [0.2, 0.25) is 5.52 Å². The van der Waals surface area contributed by atoms with E-state index >= 15 is 0 Å². The summed E-state index contributed by atoms with van der Waals surface area (Å²) in [6, 6.07) is 1.63. The normalized spacial score (nSPS) is 10.2. The number of fused-ring (bicyclic) bond motifs is 1. The van der Waals surface area contributed by atoms with Crippen molar-refractivity contribution < 1.29 is 4.73 Å². The van der Waals surface area contributed by atoms with Gasteiger partial charge in [0.05, 0.1) is 12.4 Å². The summed E-state index contributed by atoms with van der Waals surface area (Å²) in [6.07, 6.45) is 5.95. The molecule has 0 atom stereocenters. The van der Waals surface area contributed by atoms with Crippen LogP contribution in [-0.2, 0) is 0 Å². The summed E-state index contributed by atoms with van der Waals surface area (Å²) in [4.78, 5) is 7.80. The molecule has 0 saturated heterocycles. The molecule has 2 rings (SSSR count). The Morgan fingerprint density at radius 2 is 2.27 bits per heavy atom. The van der Waals surface area contributed by atoms with Crippen LogP contribution in [0.5, 0.6) is 0 Å². The van der Waals surface area contributed by atoms with Gasteiger partial charge in [-0.05, 0) is 0 Å². The van der Waals surface area contributed by atoms with E-state index < -0.39 is 0 Å². The SMILES string of the molecule is [O-][n+]1ccnc2cnccc21. The molecule has 0 bridgehead atoms. The van der Waals surface area contributed by atoms with Crippen molar-refractivity contribution in [3.05, 3.63) is 36.1 Å². The molecule has 2 heterocycles. The van der Waals surface area contributed by atoms with Crippen LogP contribution in [0, 0.1) is 5.21 Å². The molecule has 0 N–H and O–H groups in total. The number of aromatic nitrogens is 3. The zero-order valence-corrected chi connectivity index (χ0v) is 5.64. The predicted molar refractivity (Wildman–Crippen MR) is 38.5 cm³/mol. The summed E-state index contributed by atoms with van der Waals surface area (Å²) < 4.78 is 0.768. The van der Waals surface area contributed by atoms with Gasteiger partial charge in [-0.1, -0.05) is 0 Å². The summed E-state index contributed by atoms with van der Waals surface area (Å²) in [5.74, 6) is 0. The zero-order chi connectivity index (χ0) is 7.68. The van der Waals surface area contributed by atoms with Crippen molar-refractivity contribution in [2.45, 2.75) is 0 Å². The lowest BCUT2D eigenvalue weighted by Gasteiger charge is -1.97. The number of hydrogen-bond acceptors (Lipinski definition) is 3. The number of rotatable bonds is 0. The second kappa shape index (κ2) is 2.16. The summed E-state index contributed by atoms with van der Waals surface area (Å²) in [5.41, 5.74) is 1.16. The average Bonchev–Trinajstić information content (AvgIpc) is 2.06. The summed E-state index contributed by atoms with van der Waals surface area (Å²) in [5, 5.41) is 11.0. The van der Waals surface area contributed by atoms with Crippen LogP contribution in [0.4, 0.5) is 0 Å². The Labute approximate surface area is 62.7 Å². The number of pyridine rings is 1. The molecule has 0 aliphatic carbocycles. The van der Waals surface area contributed by atoms with E-state index in [0.717, 1.165) is 4.73 Å². The van der Waals surface area contributed by atoms with E-state index in [0.29, 0.717) is 11.0 Å². The van der Waals surface area contributed by atoms with Gasteiger partial charge in [-0.2, -0.15) is 4.73 Å². The molecule has 0 aromatic carbocycles. The average molecular weight is 147 g/mol. The fourth-order valence-corrected chi connectivity index (χ4v) is 0.919. The monoisotopic (exact) mass is 147 g/mol. The molecule has 0 radical (unpaired) electrons. The van der Waals surface area contributed by atoms with E-state index in [1.54, 1.807) is 18.5 Å². The summed E-state index contributed by atoms with van der Waals surface area (Å²) >= 11 is 0. The minimum Gasteiger partial charge on any atom is -0.618 e. The standard InChI is InChI=1S/C7H5N3O/c11-10-4-3-9-6-5-8-2-1-7(6)10/h1-5H. The Morgan fingerprint density at radius 3 is 3.09 bits per heavy atom. The van der Waals surface area contributed by atoms with Gasteiger partial charge >= 0.3 is 0 Å². The van der Waals surface area contributed by atoms with Gasteiger partial charge in [0.15, 0.2) is 11.7 Å². The molecular weight excluding hydrogens is 142 g/mol. The molecule has 2 aromatic heterocycles. The Morgan fingerprint density at radius 1 is 1.36 bits per heavy atom. The smallest absolute Gasteiger partial charge is 0.245 e. The number of hydrogen-bond donors (Lipinski definition) is 0. The third-order valence-corrected chi connectivity index (χ3v) is 1.43. The Bertz CT molecular complexity index is 383. The highest BCUT2D eigenvalue weighted by Crippen LogP contribution is 2.00. The van der Waals surface area contributed by atoms with Gasteiger partial charge < -0.3 is 5.21 Å². The van der Waals surface area contributed by atoms with Gasteiger partial charge in [0.25, 0.3) is 0 Å². The molecule has 4 nitrogen and oxygen atoms in total. The van der Waals surface area contributed by atoms with Gasteiger partial charge in [-0.3, -0.25) is 4.98 Å². The molecule has 11 heavy (non-hydrogen) atoms. The summed E-state index contributed by atoms with van der Waals surface area (Å²) in [6.45, 7) is 0. The lowest BCUT2D eigenvalue weighted by molar-refractivity contribution is -0.577. The van der Waals surface area contributed by atoms with Crippen molar-refractivity contribution in [3.8, 4) is 0 Å². The highest BCUT2D eigenvalue weighted by Gasteiger charge is 2.00. The van der Waals surface area contributed by atoms with Crippen molar-refractivity contribution in [1.82, 2.24) is 9.97 Å². The van der Waals surface area contributed by atoms with Crippen molar-refractivity contribution in [3.63, 3.8) is 0 Å². The van der Waals surface area contributed by atoms with E-state index in [1.165, 1.54) is 12.4 Å². The van der Waals surface area contributed by atoms with Crippen LogP contribution in [0.2, 0.25) is 0 Å². The second-order valence-corrected chi connectivity index (χ2v) is 2.12. The fourth-order valence-electron chi connectivity index (χ4n) is 0.919. The Hall–Kier alpha value is -1.71. The highest BCUT2D eigenvalue weighted by atomic mass is 16.5. The van der Waals surface area contributed by atoms with Crippen LogP contribution in [0.1, 0.15) is 0 Å². The first-order valence-electron chi connectivity index (χ1n) is 3.16. The van der Waals surface area contributed by atoms with Crippen LogP contribution in [-0.4, -0.2) is 9.97 Å². The van der Waals surface area contributed by atoms with Gasteiger partial charge in [-0.25, -0.2) is 4.98 Å². The topological polar surface area (TPSA) is 52.7 Å². The van der Waals surface area contributed by atoms with Crippen molar-refractivity contribution in [1.29, 1.82) is 0 Å². The quantitative estimate of drug-likeness (QED) is 0.397. The highest BCUT2D eigenvalue weighted by molar-refractivity contribution is 5.68. The first kappa shape index (κ1) is 6.03. The van der Waals surface area contributed by atoms with Gasteiger partial charge in [-0.15, -0.1) is 0 Å². The largest absolute Gasteiger partial charge is 0.618 e. The molecule has 4 heteroatoms. The molecule has 54 valence electrons. The third-order valence-electron chi connectivity index (χ3n) is 1.43. The first-order chi connectivity index (χ1) is 5.38. The van der Waals surface area contributed by atoms with Gasteiger partial charge in [0.1, 0.15) is 0 Å². The molecule has 0 fully saturated rings. The Balaban J connectivity index is 2.91. The molecule has 0 spiro atoms. The maximum atomic E-state index is 11.0. The van der Waals surface area contributed by atoms with Crippen LogP contribution in [0.3, 0.4) is 0 Å². The van der Waals surface area contributed by atoms with Crippen molar-refractivity contribution in [2.24, 2.45) is 0 Å². The fraction of sp³-hybridized carbons (Fsp3) is 0. The van der Waals surface area contributed by atoms with E-state index in [4.69, 9.17) is 0 Å². The van der Waals surface area contributed by atoms with E-state index in [1.807, 2.05) is 0 Å². The summed E-state index contributed by atoms with van der Waals surface area (Å²) in [7, 11) is 0. The van der Waals surface area contributed by atoms with Crippen molar-refractivity contribution >= 4 is 11.0 Å². The second-order valence-electron chi connectivity index (χ2n) is 2.12. The van der Waals surface area contributed by atoms with E-state index in [9.17, 15) is 5.21 Å². The molecule has 0 amide bonds. The van der Waals surface area contributed by atoms with E-state index in [2.05, 4.69) is 9.97 Å². The van der Waals surface area contributed by atoms with Crippen LogP contribution >= 0.6 is 0 Å². The molecule has 2 aromatic rings. The maximum Gasteiger partial charge on any atom is 0.245 e. The maximum absolute atomic E-state index is 11.0. The molecule has 0 unspecified atom stereocenters. The third kappa shape index (κ3) is 0.881. The lowest BCUT2D eigenvalue weighted by Crippen LogP contribution is -2.26. The minimum atomic E-state index is 0.544. The molecular formula is C7H5N3O. The lowest BCUT2D eigenvalue weighted by atomic mass is 10.4. The minimum absolute atomic E-state index is 0.544. The molecule has 0 saturated carbocycles. The number of nitrogens with zero attached hydrogens (tertiary/aromatic N) is 3. The predicted octanol–water partition coefficient (Wildman–Crippen LogP) is 0.263.